The highest BCUT2D eigenvalue weighted by Gasteiger charge is 2.24. The van der Waals surface area contributed by atoms with E-state index in [1.807, 2.05) is 0 Å². The van der Waals surface area contributed by atoms with Gasteiger partial charge in [0.15, 0.2) is 0 Å². The molecule has 0 aliphatic carbocycles. The average molecular weight is 171 g/mol. The lowest BCUT2D eigenvalue weighted by atomic mass is 9.88. The normalized spacial score (nSPS) is 33.2. The predicted molar refractivity (Wildman–Crippen MR) is 51.3 cm³/mol. The summed E-state index contributed by atoms with van der Waals surface area (Å²) in [7, 11) is 2.06. The Labute approximate surface area is 75.7 Å². The molecule has 3 atom stereocenters. The first-order valence-electron chi connectivity index (χ1n) is 5.06. The third-order valence-electron chi connectivity index (χ3n) is 2.91. The average Bonchev–Trinajstić information content (AvgIpc) is 2.07. The van der Waals surface area contributed by atoms with Crippen LogP contribution in [-0.2, 0) is 4.74 Å². The van der Waals surface area contributed by atoms with E-state index in [0.29, 0.717) is 12.1 Å². The van der Waals surface area contributed by atoms with Crippen molar-refractivity contribution in [1.82, 2.24) is 5.32 Å². The molecule has 3 unspecified atom stereocenters. The van der Waals surface area contributed by atoms with Gasteiger partial charge in [-0.1, -0.05) is 6.92 Å². The van der Waals surface area contributed by atoms with Crippen LogP contribution in [0.1, 0.15) is 33.1 Å². The summed E-state index contributed by atoms with van der Waals surface area (Å²) in [6.07, 6.45) is 4.14. The predicted octanol–water partition coefficient (Wildman–Crippen LogP) is 1.80. The molecule has 2 heteroatoms. The highest BCUT2D eigenvalue weighted by Crippen LogP contribution is 2.24. The second kappa shape index (κ2) is 4.83. The van der Waals surface area contributed by atoms with Gasteiger partial charge in [0.25, 0.3) is 0 Å². The van der Waals surface area contributed by atoms with E-state index in [-0.39, 0.29) is 0 Å². The van der Waals surface area contributed by atoms with Crippen LogP contribution in [0, 0.1) is 5.92 Å². The summed E-state index contributed by atoms with van der Waals surface area (Å²) < 4.78 is 5.52. The molecule has 0 aromatic heterocycles. The molecule has 0 aromatic rings. The Morgan fingerprint density at radius 3 is 2.83 bits per heavy atom. The molecule has 0 amide bonds. The molecule has 1 N–H and O–H groups in total. The smallest absolute Gasteiger partial charge is 0.0550 e. The molecule has 2 nitrogen and oxygen atoms in total. The summed E-state index contributed by atoms with van der Waals surface area (Å²) >= 11 is 0. The van der Waals surface area contributed by atoms with Crippen LogP contribution in [0.25, 0.3) is 0 Å². The van der Waals surface area contributed by atoms with Gasteiger partial charge in [0.1, 0.15) is 0 Å². The van der Waals surface area contributed by atoms with Crippen LogP contribution in [0.5, 0.6) is 0 Å². The van der Waals surface area contributed by atoms with Crippen molar-refractivity contribution in [2.45, 2.75) is 45.3 Å². The van der Waals surface area contributed by atoms with E-state index in [9.17, 15) is 0 Å². The van der Waals surface area contributed by atoms with Crippen LogP contribution in [0.2, 0.25) is 0 Å². The van der Waals surface area contributed by atoms with Gasteiger partial charge < -0.3 is 10.1 Å². The van der Waals surface area contributed by atoms with Crippen LogP contribution in [0.15, 0.2) is 0 Å². The van der Waals surface area contributed by atoms with Crippen LogP contribution >= 0.6 is 0 Å². The number of hydrogen-bond acceptors (Lipinski definition) is 2. The zero-order chi connectivity index (χ0) is 8.97. The first-order valence-corrected chi connectivity index (χ1v) is 5.06. The van der Waals surface area contributed by atoms with E-state index < -0.39 is 0 Å². The Kier molecular flexibility index (Phi) is 4.02. The first-order chi connectivity index (χ1) is 5.77. The van der Waals surface area contributed by atoms with Crippen LogP contribution in [0.4, 0.5) is 0 Å². The minimum absolute atomic E-state index is 0.464. The van der Waals surface area contributed by atoms with E-state index in [4.69, 9.17) is 4.74 Å². The number of rotatable bonds is 3. The van der Waals surface area contributed by atoms with Crippen molar-refractivity contribution < 1.29 is 4.74 Å². The minimum atomic E-state index is 0.464. The third-order valence-corrected chi connectivity index (χ3v) is 2.91. The van der Waals surface area contributed by atoms with Crippen molar-refractivity contribution in [3.63, 3.8) is 0 Å². The number of hydrogen-bond donors (Lipinski definition) is 1. The van der Waals surface area contributed by atoms with Gasteiger partial charge in [0, 0.05) is 12.6 Å². The maximum absolute atomic E-state index is 5.52. The Bertz CT molecular complexity index is 123. The molecule has 1 rings (SSSR count). The SMILES string of the molecule is CCC(NC)C1CCOC(C)C1. The molecule has 1 aliphatic heterocycles. The molecule has 1 aliphatic rings. The van der Waals surface area contributed by atoms with Crippen molar-refractivity contribution >= 4 is 0 Å². The summed E-state index contributed by atoms with van der Waals surface area (Å²) in [5.74, 6) is 0.823. The summed E-state index contributed by atoms with van der Waals surface area (Å²) in [4.78, 5) is 0. The molecule has 1 fully saturated rings. The molecule has 72 valence electrons. The van der Waals surface area contributed by atoms with Gasteiger partial charge in [-0.2, -0.15) is 0 Å². The lowest BCUT2D eigenvalue weighted by Gasteiger charge is -2.32. The fourth-order valence-electron chi connectivity index (χ4n) is 2.17. The molecule has 0 saturated carbocycles. The molecule has 1 saturated heterocycles. The van der Waals surface area contributed by atoms with E-state index in [1.165, 1.54) is 19.3 Å². The van der Waals surface area contributed by atoms with Gasteiger partial charge in [-0.25, -0.2) is 0 Å². The Morgan fingerprint density at radius 1 is 1.58 bits per heavy atom. The fourth-order valence-corrected chi connectivity index (χ4v) is 2.17. The van der Waals surface area contributed by atoms with Crippen molar-refractivity contribution in [3.05, 3.63) is 0 Å². The second-order valence-corrected chi connectivity index (χ2v) is 3.77. The van der Waals surface area contributed by atoms with E-state index in [2.05, 4.69) is 26.2 Å². The first kappa shape index (κ1) is 10.0. The lowest BCUT2D eigenvalue weighted by Crippen LogP contribution is -2.38. The van der Waals surface area contributed by atoms with Gasteiger partial charge in [-0.3, -0.25) is 0 Å². The van der Waals surface area contributed by atoms with Crippen molar-refractivity contribution in [2.75, 3.05) is 13.7 Å². The molecule has 0 spiro atoms. The largest absolute Gasteiger partial charge is 0.378 e. The zero-order valence-corrected chi connectivity index (χ0v) is 8.47. The van der Waals surface area contributed by atoms with E-state index in [0.717, 1.165) is 12.5 Å². The van der Waals surface area contributed by atoms with Gasteiger partial charge in [-0.15, -0.1) is 0 Å². The molecule has 0 radical (unpaired) electrons. The van der Waals surface area contributed by atoms with Crippen LogP contribution in [0.3, 0.4) is 0 Å². The molecule has 1 heterocycles. The van der Waals surface area contributed by atoms with Gasteiger partial charge in [-0.05, 0) is 39.2 Å². The summed E-state index contributed by atoms with van der Waals surface area (Å²) in [6.45, 7) is 5.37. The third kappa shape index (κ3) is 2.46. The Hall–Kier alpha value is -0.0800. The van der Waals surface area contributed by atoms with Crippen molar-refractivity contribution in [1.29, 1.82) is 0 Å². The quantitative estimate of drug-likeness (QED) is 0.699. The van der Waals surface area contributed by atoms with E-state index in [1.54, 1.807) is 0 Å². The summed E-state index contributed by atoms with van der Waals surface area (Å²) in [5, 5.41) is 3.39. The highest BCUT2D eigenvalue weighted by molar-refractivity contribution is 4.78. The standard InChI is InChI=1S/C10H21NO/c1-4-10(11-3)9-5-6-12-8(2)7-9/h8-11H,4-7H2,1-3H3. The number of ether oxygens (including phenoxy) is 1. The van der Waals surface area contributed by atoms with Crippen LogP contribution < -0.4 is 5.32 Å². The summed E-state index contributed by atoms with van der Waals surface area (Å²) in [6, 6.07) is 0.691. The Morgan fingerprint density at radius 2 is 2.33 bits per heavy atom. The lowest BCUT2D eigenvalue weighted by molar-refractivity contribution is -0.00596. The Balaban J connectivity index is 2.38. The maximum Gasteiger partial charge on any atom is 0.0550 e. The molecular weight excluding hydrogens is 150 g/mol. The topological polar surface area (TPSA) is 21.3 Å². The van der Waals surface area contributed by atoms with E-state index >= 15 is 0 Å². The fraction of sp³-hybridized carbons (Fsp3) is 1.00. The molecule has 0 aromatic carbocycles. The second-order valence-electron chi connectivity index (χ2n) is 3.77. The molecule has 0 bridgehead atoms. The zero-order valence-electron chi connectivity index (χ0n) is 8.47. The van der Waals surface area contributed by atoms with Gasteiger partial charge in [0.05, 0.1) is 6.10 Å². The molecular formula is C10H21NO. The van der Waals surface area contributed by atoms with Crippen molar-refractivity contribution in [2.24, 2.45) is 5.92 Å². The maximum atomic E-state index is 5.52. The van der Waals surface area contributed by atoms with Gasteiger partial charge >= 0.3 is 0 Å². The minimum Gasteiger partial charge on any atom is -0.378 e. The van der Waals surface area contributed by atoms with Gasteiger partial charge in [0.2, 0.25) is 0 Å². The highest BCUT2D eigenvalue weighted by atomic mass is 16.5. The monoisotopic (exact) mass is 171 g/mol. The van der Waals surface area contributed by atoms with Crippen molar-refractivity contribution in [3.8, 4) is 0 Å². The number of nitrogens with one attached hydrogen (secondary N) is 1. The summed E-state index contributed by atoms with van der Waals surface area (Å²) in [5.41, 5.74) is 0. The van der Waals surface area contributed by atoms with Crippen LogP contribution in [-0.4, -0.2) is 25.8 Å². The molecule has 12 heavy (non-hydrogen) atoms.